The van der Waals surface area contributed by atoms with Gasteiger partial charge in [0.1, 0.15) is 6.54 Å². The minimum atomic E-state index is -1.03. The van der Waals surface area contributed by atoms with Crippen LogP contribution in [0.1, 0.15) is 30.6 Å². The lowest BCUT2D eigenvalue weighted by Gasteiger charge is -2.35. The first-order valence-electron chi connectivity index (χ1n) is 6.49. The summed E-state index contributed by atoms with van der Waals surface area (Å²) in [7, 11) is 0. The first-order chi connectivity index (χ1) is 8.95. The number of hydrogen-bond acceptors (Lipinski definition) is 3. The highest BCUT2D eigenvalue weighted by Crippen LogP contribution is 2.21. The van der Waals surface area contributed by atoms with Crippen molar-refractivity contribution in [1.29, 1.82) is 0 Å². The van der Waals surface area contributed by atoms with E-state index in [1.807, 2.05) is 4.90 Å². The molecule has 2 unspecified atom stereocenters. The summed E-state index contributed by atoms with van der Waals surface area (Å²) >= 11 is 0. The molecule has 1 N–H and O–H groups in total. The van der Waals surface area contributed by atoms with E-state index < -0.39 is 5.97 Å². The lowest BCUT2D eigenvalue weighted by Crippen LogP contribution is -2.44. The van der Waals surface area contributed by atoms with Crippen molar-refractivity contribution in [1.82, 2.24) is 14.7 Å². The molecule has 1 aliphatic heterocycles. The third kappa shape index (κ3) is 3.33. The molecule has 1 aromatic rings. The van der Waals surface area contributed by atoms with E-state index in [9.17, 15) is 9.59 Å². The Kier molecular flexibility index (Phi) is 3.87. The Labute approximate surface area is 112 Å². The van der Waals surface area contributed by atoms with Crippen molar-refractivity contribution in [2.75, 3.05) is 13.1 Å². The average molecular weight is 265 g/mol. The number of nitrogens with zero attached hydrogens (tertiary/aromatic N) is 3. The SMILES string of the molecule is CC1CC(C)CN(C(=O)Cn2cc(C(=O)O)cn2)C1. The van der Waals surface area contributed by atoms with Gasteiger partial charge in [0.2, 0.25) is 5.91 Å². The zero-order chi connectivity index (χ0) is 14.0. The van der Waals surface area contributed by atoms with Crippen LogP contribution in [0.2, 0.25) is 0 Å². The van der Waals surface area contributed by atoms with E-state index in [-0.39, 0.29) is 18.0 Å². The van der Waals surface area contributed by atoms with Crippen molar-refractivity contribution < 1.29 is 14.7 Å². The van der Waals surface area contributed by atoms with Gasteiger partial charge in [-0.2, -0.15) is 5.10 Å². The Balaban J connectivity index is 1.98. The maximum absolute atomic E-state index is 12.2. The topological polar surface area (TPSA) is 75.4 Å². The molecule has 1 aliphatic rings. The Morgan fingerprint density at radius 2 is 2.00 bits per heavy atom. The van der Waals surface area contributed by atoms with Gasteiger partial charge in [0, 0.05) is 19.3 Å². The Bertz CT molecular complexity index is 473. The van der Waals surface area contributed by atoms with Gasteiger partial charge in [0.15, 0.2) is 0 Å². The maximum Gasteiger partial charge on any atom is 0.338 e. The summed E-state index contributed by atoms with van der Waals surface area (Å²) in [5, 5.41) is 12.7. The smallest absolute Gasteiger partial charge is 0.338 e. The zero-order valence-corrected chi connectivity index (χ0v) is 11.2. The van der Waals surface area contributed by atoms with E-state index in [1.54, 1.807) is 0 Å². The molecule has 0 bridgehead atoms. The molecule has 0 saturated carbocycles. The molecule has 0 radical (unpaired) electrons. The highest BCUT2D eigenvalue weighted by molar-refractivity contribution is 5.87. The van der Waals surface area contributed by atoms with Gasteiger partial charge >= 0.3 is 5.97 Å². The predicted molar refractivity (Wildman–Crippen MR) is 68.7 cm³/mol. The third-order valence-corrected chi connectivity index (χ3v) is 3.40. The minimum Gasteiger partial charge on any atom is -0.478 e. The van der Waals surface area contributed by atoms with Crippen LogP contribution in [0, 0.1) is 11.8 Å². The van der Waals surface area contributed by atoms with Crippen molar-refractivity contribution >= 4 is 11.9 Å². The largest absolute Gasteiger partial charge is 0.478 e. The van der Waals surface area contributed by atoms with E-state index in [4.69, 9.17) is 5.11 Å². The van der Waals surface area contributed by atoms with Crippen LogP contribution in [0.5, 0.6) is 0 Å². The Morgan fingerprint density at radius 1 is 1.37 bits per heavy atom. The molecule has 2 heterocycles. The molecule has 1 amide bonds. The molecule has 1 fully saturated rings. The summed E-state index contributed by atoms with van der Waals surface area (Å²) in [4.78, 5) is 24.7. The number of rotatable bonds is 3. The first kappa shape index (κ1) is 13.6. The number of hydrogen-bond donors (Lipinski definition) is 1. The lowest BCUT2D eigenvalue weighted by atomic mass is 9.92. The van der Waals surface area contributed by atoms with Crippen LogP contribution in [-0.4, -0.2) is 44.8 Å². The molecule has 0 aliphatic carbocycles. The van der Waals surface area contributed by atoms with Gasteiger partial charge in [-0.1, -0.05) is 13.8 Å². The Morgan fingerprint density at radius 3 is 2.53 bits per heavy atom. The summed E-state index contributed by atoms with van der Waals surface area (Å²) in [6.07, 6.45) is 3.79. The molecule has 6 nitrogen and oxygen atoms in total. The molecular formula is C13H19N3O3. The molecule has 6 heteroatoms. The van der Waals surface area contributed by atoms with Crippen LogP contribution < -0.4 is 0 Å². The fraction of sp³-hybridized carbons (Fsp3) is 0.615. The summed E-state index contributed by atoms with van der Waals surface area (Å²) < 4.78 is 1.38. The van der Waals surface area contributed by atoms with Crippen LogP contribution in [-0.2, 0) is 11.3 Å². The normalized spacial score (nSPS) is 23.4. The minimum absolute atomic E-state index is 0.00145. The van der Waals surface area contributed by atoms with Crippen LogP contribution >= 0.6 is 0 Å². The second-order valence-corrected chi connectivity index (χ2v) is 5.48. The molecule has 2 atom stereocenters. The van der Waals surface area contributed by atoms with Crippen LogP contribution in [0.3, 0.4) is 0 Å². The second kappa shape index (κ2) is 5.42. The number of carboxylic acids is 1. The second-order valence-electron chi connectivity index (χ2n) is 5.48. The summed E-state index contributed by atoms with van der Waals surface area (Å²) in [5.74, 6) is -0.00263. The first-order valence-corrected chi connectivity index (χ1v) is 6.49. The highest BCUT2D eigenvalue weighted by Gasteiger charge is 2.25. The van der Waals surface area contributed by atoms with E-state index >= 15 is 0 Å². The Hall–Kier alpha value is -1.85. The molecular weight excluding hydrogens is 246 g/mol. The van der Waals surface area contributed by atoms with Crippen LogP contribution in [0.25, 0.3) is 0 Å². The van der Waals surface area contributed by atoms with E-state index in [0.717, 1.165) is 19.5 Å². The number of carboxylic acid groups (broad SMARTS) is 1. The van der Waals surface area contributed by atoms with Gasteiger partial charge in [0.05, 0.1) is 11.8 Å². The molecule has 1 aromatic heterocycles. The molecule has 1 saturated heterocycles. The van der Waals surface area contributed by atoms with Crippen molar-refractivity contribution in [2.24, 2.45) is 11.8 Å². The molecule has 0 spiro atoms. The fourth-order valence-electron chi connectivity index (χ4n) is 2.67. The summed E-state index contributed by atoms with van der Waals surface area (Å²) in [6, 6.07) is 0. The number of amides is 1. The maximum atomic E-state index is 12.2. The van der Waals surface area contributed by atoms with Crippen LogP contribution in [0.4, 0.5) is 0 Å². The van der Waals surface area contributed by atoms with Crippen molar-refractivity contribution in [3.63, 3.8) is 0 Å². The quantitative estimate of drug-likeness (QED) is 0.887. The standard InChI is InChI=1S/C13H19N3O3/c1-9-3-10(2)6-15(5-9)12(17)8-16-7-11(4-14-16)13(18)19/h4,7,9-10H,3,5-6,8H2,1-2H3,(H,18,19). The van der Waals surface area contributed by atoms with Crippen LogP contribution in [0.15, 0.2) is 12.4 Å². The summed E-state index contributed by atoms with van der Waals surface area (Å²) in [5.41, 5.74) is 0.105. The van der Waals surface area contributed by atoms with E-state index in [1.165, 1.54) is 17.1 Å². The molecule has 0 aromatic carbocycles. The number of aromatic nitrogens is 2. The summed E-state index contributed by atoms with van der Waals surface area (Å²) in [6.45, 7) is 5.94. The van der Waals surface area contributed by atoms with Crippen molar-refractivity contribution in [3.8, 4) is 0 Å². The molecule has 19 heavy (non-hydrogen) atoms. The van der Waals surface area contributed by atoms with Gasteiger partial charge in [-0.3, -0.25) is 9.48 Å². The van der Waals surface area contributed by atoms with Gasteiger partial charge < -0.3 is 10.0 Å². The van der Waals surface area contributed by atoms with E-state index in [0.29, 0.717) is 11.8 Å². The fourth-order valence-corrected chi connectivity index (χ4v) is 2.67. The van der Waals surface area contributed by atoms with Gasteiger partial charge in [-0.25, -0.2) is 4.79 Å². The number of carbonyl (C=O) groups excluding carboxylic acids is 1. The van der Waals surface area contributed by atoms with E-state index in [2.05, 4.69) is 18.9 Å². The monoisotopic (exact) mass is 265 g/mol. The van der Waals surface area contributed by atoms with Crippen molar-refractivity contribution in [3.05, 3.63) is 18.0 Å². The number of carbonyl (C=O) groups is 2. The number of likely N-dealkylation sites (tertiary alicyclic amines) is 1. The predicted octanol–water partition coefficient (Wildman–Crippen LogP) is 1.09. The van der Waals surface area contributed by atoms with Gasteiger partial charge in [-0.15, -0.1) is 0 Å². The zero-order valence-electron chi connectivity index (χ0n) is 11.2. The van der Waals surface area contributed by atoms with Gasteiger partial charge in [0.25, 0.3) is 0 Å². The average Bonchev–Trinajstić information content (AvgIpc) is 2.76. The number of piperidine rings is 1. The third-order valence-electron chi connectivity index (χ3n) is 3.40. The molecule has 104 valence electrons. The van der Waals surface area contributed by atoms with Crippen molar-refractivity contribution in [2.45, 2.75) is 26.8 Å². The van der Waals surface area contributed by atoms with Gasteiger partial charge in [-0.05, 0) is 18.3 Å². The number of aromatic carboxylic acids is 1. The highest BCUT2D eigenvalue weighted by atomic mass is 16.4. The lowest BCUT2D eigenvalue weighted by molar-refractivity contribution is -0.134. The molecule has 2 rings (SSSR count).